The SMILES string of the molecule is C[C@@H]1C/C=C/Cc2ccc(o2)Cc2c(Cl)c(O)cc(O)c2C(=O)O1. The van der Waals surface area contributed by atoms with E-state index in [-0.39, 0.29) is 40.2 Å². The number of cyclic esters (lactones) is 1. The molecule has 1 atom stereocenters. The van der Waals surface area contributed by atoms with Gasteiger partial charge in [-0.3, -0.25) is 0 Å². The van der Waals surface area contributed by atoms with Crippen LogP contribution in [0.15, 0.2) is 34.8 Å². The first-order valence-corrected chi connectivity index (χ1v) is 8.00. The molecule has 0 amide bonds. The normalized spacial score (nSPS) is 19.4. The van der Waals surface area contributed by atoms with Crippen LogP contribution in [0.3, 0.4) is 0 Å². The summed E-state index contributed by atoms with van der Waals surface area (Å²) in [7, 11) is 0. The van der Waals surface area contributed by atoms with Gasteiger partial charge in [0.25, 0.3) is 0 Å². The first-order valence-electron chi connectivity index (χ1n) is 7.62. The summed E-state index contributed by atoms with van der Waals surface area (Å²) in [4.78, 5) is 12.5. The summed E-state index contributed by atoms with van der Waals surface area (Å²) in [5, 5.41) is 20.0. The predicted molar refractivity (Wildman–Crippen MR) is 88.6 cm³/mol. The second-order valence-corrected chi connectivity index (χ2v) is 6.13. The Hall–Kier alpha value is -2.40. The molecule has 2 N–H and O–H groups in total. The molecule has 6 heteroatoms. The van der Waals surface area contributed by atoms with Crippen LogP contribution < -0.4 is 0 Å². The van der Waals surface area contributed by atoms with Gasteiger partial charge in [-0.15, -0.1) is 0 Å². The van der Waals surface area contributed by atoms with Crippen molar-refractivity contribution in [2.45, 2.75) is 32.3 Å². The lowest BCUT2D eigenvalue weighted by molar-refractivity contribution is 0.0343. The lowest BCUT2D eigenvalue weighted by Crippen LogP contribution is -2.16. The molecule has 0 fully saturated rings. The van der Waals surface area contributed by atoms with E-state index in [1.165, 1.54) is 0 Å². The number of furan rings is 1. The lowest BCUT2D eigenvalue weighted by Gasteiger charge is -2.16. The Kier molecular flexibility index (Phi) is 4.53. The Bertz CT molecular complexity index is 806. The zero-order valence-electron chi connectivity index (χ0n) is 13.1. The van der Waals surface area contributed by atoms with E-state index in [1.54, 1.807) is 13.0 Å². The lowest BCUT2D eigenvalue weighted by atomic mass is 10.0. The van der Waals surface area contributed by atoms with Gasteiger partial charge in [0.1, 0.15) is 34.7 Å². The van der Waals surface area contributed by atoms with Crippen LogP contribution in [0, 0.1) is 0 Å². The van der Waals surface area contributed by atoms with Crippen LogP contribution in [0.2, 0.25) is 5.02 Å². The van der Waals surface area contributed by atoms with Crippen molar-refractivity contribution in [3.8, 4) is 11.5 Å². The summed E-state index contributed by atoms with van der Waals surface area (Å²) in [5.74, 6) is -0.00163. The van der Waals surface area contributed by atoms with Gasteiger partial charge >= 0.3 is 5.97 Å². The van der Waals surface area contributed by atoms with Gasteiger partial charge in [0, 0.05) is 30.9 Å². The van der Waals surface area contributed by atoms with E-state index in [0.29, 0.717) is 18.6 Å². The summed E-state index contributed by atoms with van der Waals surface area (Å²) in [6, 6.07) is 4.67. The van der Waals surface area contributed by atoms with Gasteiger partial charge in [0.05, 0.1) is 5.02 Å². The summed E-state index contributed by atoms with van der Waals surface area (Å²) >= 11 is 6.16. The zero-order chi connectivity index (χ0) is 17.3. The molecule has 2 heterocycles. The van der Waals surface area contributed by atoms with E-state index in [9.17, 15) is 15.0 Å². The Morgan fingerprint density at radius 2 is 1.92 bits per heavy atom. The number of benzene rings is 1. The van der Waals surface area contributed by atoms with E-state index in [0.717, 1.165) is 11.8 Å². The third-order valence-corrected chi connectivity index (χ3v) is 4.28. The average molecular weight is 349 g/mol. The van der Waals surface area contributed by atoms with Gasteiger partial charge < -0.3 is 19.4 Å². The molecule has 3 rings (SSSR count). The smallest absolute Gasteiger partial charge is 0.342 e. The molecule has 0 spiro atoms. The minimum absolute atomic E-state index is 0.00153. The molecule has 0 radical (unpaired) electrons. The van der Waals surface area contributed by atoms with Gasteiger partial charge in [-0.1, -0.05) is 23.8 Å². The predicted octanol–water partition coefficient (Wildman–Crippen LogP) is 3.98. The van der Waals surface area contributed by atoms with Gasteiger partial charge in [-0.05, 0) is 19.1 Å². The first-order chi connectivity index (χ1) is 11.5. The number of phenolic OH excluding ortho intramolecular Hbond substituents is 2. The summed E-state index contributed by atoms with van der Waals surface area (Å²) < 4.78 is 11.1. The maximum absolute atomic E-state index is 12.5. The van der Waals surface area contributed by atoms with Crippen LogP contribution >= 0.6 is 11.6 Å². The molecule has 1 aromatic heterocycles. The van der Waals surface area contributed by atoms with Crippen molar-refractivity contribution < 1.29 is 24.2 Å². The number of esters is 1. The number of hydrogen-bond acceptors (Lipinski definition) is 5. The molecule has 0 aliphatic carbocycles. The molecule has 1 aromatic carbocycles. The molecule has 5 nitrogen and oxygen atoms in total. The number of fused-ring (bicyclic) bond motifs is 3. The van der Waals surface area contributed by atoms with Gasteiger partial charge in [0.2, 0.25) is 0 Å². The quantitative estimate of drug-likeness (QED) is 0.556. The van der Waals surface area contributed by atoms with Crippen molar-refractivity contribution in [1.82, 2.24) is 0 Å². The number of carbonyl (C=O) groups excluding carboxylic acids is 1. The second-order valence-electron chi connectivity index (χ2n) is 5.75. The van der Waals surface area contributed by atoms with Crippen LogP contribution in [0.1, 0.15) is 40.8 Å². The number of aromatic hydroxyl groups is 2. The van der Waals surface area contributed by atoms with E-state index in [1.807, 2.05) is 18.2 Å². The van der Waals surface area contributed by atoms with E-state index in [2.05, 4.69) is 0 Å². The van der Waals surface area contributed by atoms with Gasteiger partial charge in [-0.25, -0.2) is 4.79 Å². The summed E-state index contributed by atoms with van der Waals surface area (Å²) in [6.45, 7) is 1.77. The van der Waals surface area contributed by atoms with Crippen molar-refractivity contribution in [1.29, 1.82) is 0 Å². The Morgan fingerprint density at radius 1 is 1.17 bits per heavy atom. The maximum Gasteiger partial charge on any atom is 0.342 e. The van der Waals surface area contributed by atoms with E-state index < -0.39 is 5.97 Å². The Morgan fingerprint density at radius 3 is 2.71 bits per heavy atom. The molecule has 24 heavy (non-hydrogen) atoms. The van der Waals surface area contributed by atoms with Crippen molar-refractivity contribution >= 4 is 17.6 Å². The number of ether oxygens (including phenoxy) is 1. The molecule has 0 unspecified atom stereocenters. The minimum atomic E-state index is -0.684. The highest BCUT2D eigenvalue weighted by molar-refractivity contribution is 6.33. The van der Waals surface area contributed by atoms with Crippen LogP contribution in [0.25, 0.3) is 0 Å². The minimum Gasteiger partial charge on any atom is -0.507 e. The van der Waals surface area contributed by atoms with Crippen LogP contribution in [0.5, 0.6) is 11.5 Å². The van der Waals surface area contributed by atoms with Crippen molar-refractivity contribution in [3.05, 3.63) is 58.0 Å². The first kappa shape index (κ1) is 16.5. The standard InChI is InChI=1S/C18H17ClO5/c1-10-4-2-3-5-11-6-7-12(24-11)8-13-16(18(22)23-10)14(20)9-15(21)17(13)19/h2-3,6-7,9-10,20-21H,4-5,8H2,1H3/b3-2+/t10-/m1/s1. The zero-order valence-corrected chi connectivity index (χ0v) is 13.8. The summed E-state index contributed by atoms with van der Waals surface area (Å²) in [5.41, 5.74) is 0.227. The topological polar surface area (TPSA) is 79.9 Å². The second kappa shape index (κ2) is 6.61. The molecular formula is C18H17ClO5. The largest absolute Gasteiger partial charge is 0.507 e. The molecule has 1 aliphatic rings. The van der Waals surface area contributed by atoms with E-state index in [4.69, 9.17) is 20.8 Å². The molecular weight excluding hydrogens is 332 g/mol. The maximum atomic E-state index is 12.5. The molecule has 2 bridgehead atoms. The van der Waals surface area contributed by atoms with Gasteiger partial charge in [0.15, 0.2) is 0 Å². The molecule has 2 aromatic rings. The fourth-order valence-electron chi connectivity index (χ4n) is 2.66. The Labute approximate surface area is 144 Å². The van der Waals surface area contributed by atoms with Crippen molar-refractivity contribution in [3.63, 3.8) is 0 Å². The number of rotatable bonds is 0. The van der Waals surface area contributed by atoms with E-state index >= 15 is 0 Å². The number of hydrogen-bond donors (Lipinski definition) is 2. The number of phenols is 2. The number of carbonyl (C=O) groups is 1. The highest BCUT2D eigenvalue weighted by atomic mass is 35.5. The highest BCUT2D eigenvalue weighted by Crippen LogP contribution is 2.38. The average Bonchev–Trinajstić information content (AvgIpc) is 2.96. The fraction of sp³-hybridized carbons (Fsp3) is 0.278. The van der Waals surface area contributed by atoms with Crippen molar-refractivity contribution in [2.24, 2.45) is 0 Å². The molecule has 1 aliphatic heterocycles. The third-order valence-electron chi connectivity index (χ3n) is 3.86. The van der Waals surface area contributed by atoms with Gasteiger partial charge in [-0.2, -0.15) is 0 Å². The van der Waals surface area contributed by atoms with Crippen LogP contribution in [-0.4, -0.2) is 22.3 Å². The van der Waals surface area contributed by atoms with Crippen molar-refractivity contribution in [2.75, 3.05) is 0 Å². The number of halogens is 1. The molecule has 0 saturated heterocycles. The van der Waals surface area contributed by atoms with Crippen LogP contribution in [0.4, 0.5) is 0 Å². The third kappa shape index (κ3) is 3.26. The fourth-order valence-corrected chi connectivity index (χ4v) is 2.87. The molecule has 0 saturated carbocycles. The highest BCUT2D eigenvalue weighted by Gasteiger charge is 2.25. The summed E-state index contributed by atoms with van der Waals surface area (Å²) in [6.07, 6.45) is 4.84. The molecule has 126 valence electrons. The number of allylic oxidation sites excluding steroid dienone is 1. The van der Waals surface area contributed by atoms with Crippen LogP contribution in [-0.2, 0) is 17.6 Å². The monoisotopic (exact) mass is 348 g/mol. The Balaban J connectivity index is 2.13.